The Morgan fingerprint density at radius 3 is 2.42 bits per heavy atom. The third kappa shape index (κ3) is 5.56. The van der Waals surface area contributed by atoms with E-state index < -0.39 is 11.4 Å². The highest BCUT2D eigenvalue weighted by atomic mass is 19.1. The van der Waals surface area contributed by atoms with Gasteiger partial charge in [-0.1, -0.05) is 30.0 Å². The molecule has 0 saturated carbocycles. The molecule has 0 saturated heterocycles. The fourth-order valence-corrected chi connectivity index (χ4v) is 3.94. The van der Waals surface area contributed by atoms with Crippen LogP contribution < -0.4 is 9.47 Å². The topological polar surface area (TPSA) is 71.4 Å². The summed E-state index contributed by atoms with van der Waals surface area (Å²) in [5.41, 5.74) is 2.29. The van der Waals surface area contributed by atoms with Crippen LogP contribution in [-0.2, 0) is 0 Å². The van der Waals surface area contributed by atoms with E-state index in [1.165, 1.54) is 23.2 Å². The van der Waals surface area contributed by atoms with Crippen molar-refractivity contribution in [1.29, 1.82) is 0 Å². The average Bonchev–Trinajstić information content (AvgIpc) is 3.32. The highest BCUT2D eigenvalue weighted by Crippen LogP contribution is 2.34. The summed E-state index contributed by atoms with van der Waals surface area (Å²) in [6, 6.07) is 18.7. The number of benzene rings is 3. The molecule has 1 aliphatic rings. The molecule has 0 aromatic heterocycles. The van der Waals surface area contributed by atoms with E-state index in [-0.39, 0.29) is 23.9 Å². The number of carbonyl (C=O) groups excluding carboxylic acids is 1. The van der Waals surface area contributed by atoms with Gasteiger partial charge < -0.3 is 14.6 Å². The minimum Gasteiger partial charge on any atom is -0.493 e. The van der Waals surface area contributed by atoms with Crippen molar-refractivity contribution in [3.63, 3.8) is 0 Å². The molecule has 184 valence electrons. The first-order chi connectivity index (χ1) is 17.2. The maximum absolute atomic E-state index is 13.8. The molecule has 1 N–H and O–H groups in total. The first-order valence-electron chi connectivity index (χ1n) is 11.4. The number of rotatable bonds is 5. The van der Waals surface area contributed by atoms with Crippen molar-refractivity contribution in [3.8, 4) is 23.3 Å². The number of aliphatic hydroxyl groups is 1. The van der Waals surface area contributed by atoms with E-state index in [1.807, 2.05) is 36.4 Å². The van der Waals surface area contributed by atoms with Gasteiger partial charge in [0.05, 0.1) is 26.5 Å². The molecule has 1 aliphatic heterocycles. The van der Waals surface area contributed by atoms with Crippen LogP contribution in [0.5, 0.6) is 11.5 Å². The molecule has 1 amide bonds. The van der Waals surface area contributed by atoms with Gasteiger partial charge in [-0.2, -0.15) is 5.10 Å². The van der Waals surface area contributed by atoms with Crippen LogP contribution in [0.25, 0.3) is 0 Å². The summed E-state index contributed by atoms with van der Waals surface area (Å²) < 4.78 is 24.6. The monoisotopic (exact) mass is 486 g/mol. The summed E-state index contributed by atoms with van der Waals surface area (Å²) in [6.07, 6.45) is 0. The van der Waals surface area contributed by atoms with Crippen LogP contribution >= 0.6 is 0 Å². The fraction of sp³-hybridized carbons (Fsp3) is 0.241. The Kier molecular flexibility index (Phi) is 7.09. The van der Waals surface area contributed by atoms with E-state index in [0.717, 1.165) is 16.7 Å². The van der Waals surface area contributed by atoms with Crippen molar-refractivity contribution in [1.82, 2.24) is 5.01 Å². The quantitative estimate of drug-likeness (QED) is 0.535. The average molecular weight is 487 g/mol. The largest absolute Gasteiger partial charge is 0.493 e. The van der Waals surface area contributed by atoms with Crippen LogP contribution in [-0.4, -0.2) is 48.1 Å². The molecule has 1 atom stereocenters. The van der Waals surface area contributed by atoms with Gasteiger partial charge in [-0.15, -0.1) is 0 Å². The molecular weight excluding hydrogens is 459 g/mol. The molecule has 1 unspecified atom stereocenters. The molecule has 3 aromatic rings. The van der Waals surface area contributed by atoms with Crippen molar-refractivity contribution in [3.05, 3.63) is 94.8 Å². The number of hydrazone groups is 1. The van der Waals surface area contributed by atoms with Gasteiger partial charge in [-0.25, -0.2) is 9.40 Å². The molecule has 0 fully saturated rings. The predicted octanol–water partition coefficient (Wildman–Crippen LogP) is 4.61. The van der Waals surface area contributed by atoms with Gasteiger partial charge in [-0.05, 0) is 67.9 Å². The Balaban J connectivity index is 1.72. The summed E-state index contributed by atoms with van der Waals surface area (Å²) in [5.74, 6) is 5.79. The number of methoxy groups -OCH3 is 2. The Labute approximate surface area is 210 Å². The first kappa shape index (κ1) is 25.0. The molecule has 0 radical (unpaired) electrons. The van der Waals surface area contributed by atoms with Crippen LogP contribution in [0.3, 0.4) is 0 Å². The van der Waals surface area contributed by atoms with E-state index >= 15 is 0 Å². The number of hydrogen-bond donors (Lipinski definition) is 1. The van der Waals surface area contributed by atoms with Crippen LogP contribution in [0.1, 0.15) is 46.8 Å². The van der Waals surface area contributed by atoms with E-state index in [2.05, 4.69) is 16.9 Å². The molecule has 0 bridgehead atoms. The number of hydrogen-bond acceptors (Lipinski definition) is 5. The van der Waals surface area contributed by atoms with Crippen LogP contribution in [0.4, 0.5) is 4.39 Å². The molecule has 0 aliphatic carbocycles. The van der Waals surface area contributed by atoms with Crippen LogP contribution in [0.2, 0.25) is 0 Å². The summed E-state index contributed by atoms with van der Waals surface area (Å²) in [7, 11) is 3.12. The lowest BCUT2D eigenvalue weighted by Crippen LogP contribution is -2.25. The summed E-state index contributed by atoms with van der Waals surface area (Å²) in [5, 5.41) is 15.9. The third-order valence-electron chi connectivity index (χ3n) is 5.73. The Bertz CT molecular complexity index is 1360. The summed E-state index contributed by atoms with van der Waals surface area (Å²) in [6.45, 7) is 3.54. The fourth-order valence-electron chi connectivity index (χ4n) is 3.94. The van der Waals surface area contributed by atoms with E-state index in [4.69, 9.17) is 9.47 Å². The second-order valence-corrected chi connectivity index (χ2v) is 8.94. The van der Waals surface area contributed by atoms with E-state index in [1.54, 1.807) is 40.2 Å². The second-order valence-electron chi connectivity index (χ2n) is 8.94. The van der Waals surface area contributed by atoms with Gasteiger partial charge in [0.15, 0.2) is 11.5 Å². The van der Waals surface area contributed by atoms with E-state index in [0.29, 0.717) is 17.2 Å². The number of nitrogens with zero attached hydrogens (tertiary/aromatic N) is 2. The molecule has 6 nitrogen and oxygen atoms in total. The molecule has 1 heterocycles. The number of amides is 1. The lowest BCUT2D eigenvalue weighted by atomic mass is 9.90. The highest BCUT2D eigenvalue weighted by molar-refractivity contribution is 6.08. The van der Waals surface area contributed by atoms with Gasteiger partial charge in [0.25, 0.3) is 5.91 Å². The predicted molar refractivity (Wildman–Crippen MR) is 136 cm³/mol. The minimum absolute atomic E-state index is 0.225. The standard InChI is InChI=1S/C29H27FN2O4/c1-29(2,34)15-14-19-8-10-20(11-9-19)24-18-32(28(33)22-6-5-7-23(30)16-22)31-27(24)21-12-13-25(35-3)26(17-21)36-4/h5-13,16-17,24,34H,18H2,1-4H3. The van der Waals surface area contributed by atoms with E-state index in [9.17, 15) is 14.3 Å². The van der Waals surface area contributed by atoms with Crippen molar-refractivity contribution in [2.24, 2.45) is 5.10 Å². The number of ether oxygens (including phenoxy) is 2. The lowest BCUT2D eigenvalue weighted by Gasteiger charge is -2.16. The Morgan fingerprint density at radius 2 is 1.78 bits per heavy atom. The molecule has 3 aromatic carbocycles. The summed E-state index contributed by atoms with van der Waals surface area (Å²) in [4.78, 5) is 13.2. The van der Waals surface area contributed by atoms with Crippen molar-refractivity contribution in [2.45, 2.75) is 25.4 Å². The SMILES string of the molecule is COc1ccc(C2=NN(C(=O)c3cccc(F)c3)CC2c2ccc(C#CC(C)(C)O)cc2)cc1OC. The van der Waals surface area contributed by atoms with Gasteiger partial charge in [0.2, 0.25) is 0 Å². The normalized spacial score (nSPS) is 15.1. The third-order valence-corrected chi connectivity index (χ3v) is 5.73. The van der Waals surface area contributed by atoms with Crippen molar-refractivity contribution < 1.29 is 23.8 Å². The van der Waals surface area contributed by atoms with Crippen LogP contribution in [0.15, 0.2) is 71.8 Å². The molecule has 36 heavy (non-hydrogen) atoms. The first-order valence-corrected chi connectivity index (χ1v) is 11.4. The maximum atomic E-state index is 13.8. The molecule has 7 heteroatoms. The zero-order valence-corrected chi connectivity index (χ0v) is 20.6. The Morgan fingerprint density at radius 1 is 1.06 bits per heavy atom. The van der Waals surface area contributed by atoms with Crippen molar-refractivity contribution >= 4 is 11.6 Å². The zero-order valence-electron chi connectivity index (χ0n) is 20.6. The van der Waals surface area contributed by atoms with Gasteiger partial charge >= 0.3 is 0 Å². The molecular formula is C29H27FN2O4. The number of halogens is 1. The van der Waals surface area contributed by atoms with Crippen molar-refractivity contribution in [2.75, 3.05) is 20.8 Å². The minimum atomic E-state index is -1.09. The van der Waals surface area contributed by atoms with Crippen LogP contribution in [0, 0.1) is 17.7 Å². The maximum Gasteiger partial charge on any atom is 0.274 e. The number of carbonyl (C=O) groups is 1. The highest BCUT2D eigenvalue weighted by Gasteiger charge is 2.33. The lowest BCUT2D eigenvalue weighted by molar-refractivity contribution is 0.0774. The smallest absolute Gasteiger partial charge is 0.274 e. The van der Waals surface area contributed by atoms with Gasteiger partial charge in [-0.3, -0.25) is 4.79 Å². The zero-order chi connectivity index (χ0) is 25.9. The molecule has 4 rings (SSSR count). The Hall–Kier alpha value is -4.15. The van der Waals surface area contributed by atoms with Gasteiger partial charge in [0, 0.05) is 22.6 Å². The summed E-state index contributed by atoms with van der Waals surface area (Å²) >= 11 is 0. The van der Waals surface area contributed by atoms with Gasteiger partial charge in [0.1, 0.15) is 11.4 Å². The second kappa shape index (κ2) is 10.2. The molecule has 0 spiro atoms.